The number of nitrogens with two attached hydrogens (primary N) is 1. The van der Waals surface area contributed by atoms with Gasteiger partial charge in [0.05, 0.1) is 23.2 Å². The summed E-state index contributed by atoms with van der Waals surface area (Å²) < 4.78 is 10.8. The Kier molecular flexibility index (Phi) is 6.26. The van der Waals surface area contributed by atoms with Gasteiger partial charge in [-0.2, -0.15) is 5.26 Å². The second-order valence-electron chi connectivity index (χ2n) is 8.55. The van der Waals surface area contributed by atoms with Gasteiger partial charge in [-0.1, -0.05) is 30.3 Å². The van der Waals surface area contributed by atoms with E-state index in [-0.39, 0.29) is 24.7 Å². The molecule has 2 aromatic rings. The Balaban J connectivity index is 1.44. The van der Waals surface area contributed by atoms with Gasteiger partial charge in [0, 0.05) is 26.7 Å². The summed E-state index contributed by atoms with van der Waals surface area (Å²) in [4.78, 5) is 26.2. The molecule has 0 radical (unpaired) electrons. The lowest BCUT2D eigenvalue weighted by Crippen LogP contribution is -2.52. The molecule has 7 nitrogen and oxygen atoms in total. The summed E-state index contributed by atoms with van der Waals surface area (Å²) in [5.74, 6) is 0.134. The minimum absolute atomic E-state index is 0.0547. The lowest BCUT2D eigenvalue weighted by atomic mass is 9.81. The van der Waals surface area contributed by atoms with Gasteiger partial charge in [0.1, 0.15) is 5.75 Å². The number of hydrogen-bond donors (Lipinski definition) is 1. The van der Waals surface area contributed by atoms with Gasteiger partial charge in [-0.15, -0.1) is 0 Å². The minimum atomic E-state index is -0.873. The van der Waals surface area contributed by atoms with Crippen molar-refractivity contribution < 1.29 is 19.1 Å². The van der Waals surface area contributed by atoms with Crippen molar-refractivity contribution in [3.05, 3.63) is 48.0 Å². The monoisotopic (exact) mass is 433 g/mol. The highest BCUT2D eigenvalue weighted by atomic mass is 16.5. The number of hydrogen-bond acceptors (Lipinski definition) is 6. The number of likely N-dealkylation sites (N-methyl/N-ethyl adjacent to an activating group) is 1. The van der Waals surface area contributed by atoms with Crippen LogP contribution in [0.5, 0.6) is 5.75 Å². The molecule has 0 spiro atoms. The van der Waals surface area contributed by atoms with Crippen LogP contribution in [-0.4, -0.2) is 44.1 Å². The average molecular weight is 434 g/mol. The van der Waals surface area contributed by atoms with Crippen LogP contribution < -0.4 is 15.4 Å². The van der Waals surface area contributed by atoms with Crippen molar-refractivity contribution in [1.29, 1.82) is 5.26 Å². The fourth-order valence-corrected chi connectivity index (χ4v) is 4.17. The van der Waals surface area contributed by atoms with Crippen LogP contribution in [0.15, 0.2) is 42.5 Å². The number of anilines is 1. The first-order valence-electron chi connectivity index (χ1n) is 10.8. The number of nitriles is 1. The van der Waals surface area contributed by atoms with Crippen LogP contribution >= 0.6 is 0 Å². The Morgan fingerprint density at radius 1 is 1.19 bits per heavy atom. The Labute approximate surface area is 187 Å². The molecule has 1 fully saturated rings. The molecule has 7 heteroatoms. The van der Waals surface area contributed by atoms with Crippen molar-refractivity contribution >= 4 is 17.4 Å². The third kappa shape index (κ3) is 4.52. The summed E-state index contributed by atoms with van der Waals surface area (Å²) in [6, 6.07) is 16.0. The second-order valence-corrected chi connectivity index (χ2v) is 8.55. The summed E-state index contributed by atoms with van der Waals surface area (Å²) >= 11 is 0. The lowest BCUT2D eigenvalue weighted by molar-refractivity contribution is -0.128. The molecule has 32 heavy (non-hydrogen) atoms. The maximum absolute atomic E-state index is 12.7. The molecule has 0 bridgehead atoms. The number of amides is 1. The Morgan fingerprint density at radius 3 is 2.56 bits per heavy atom. The van der Waals surface area contributed by atoms with E-state index in [0.717, 1.165) is 22.4 Å². The molecule has 1 atom stereocenters. The number of Topliss-reactive ketones (excluding diaryl/α,β-unsaturated/α-hetero) is 1. The molecular weight excluding hydrogens is 406 g/mol. The highest BCUT2D eigenvalue weighted by Crippen LogP contribution is 2.35. The highest BCUT2D eigenvalue weighted by Gasteiger charge is 2.36. The molecule has 2 aliphatic heterocycles. The van der Waals surface area contributed by atoms with Gasteiger partial charge in [-0.3, -0.25) is 9.59 Å². The molecule has 4 rings (SSSR count). The van der Waals surface area contributed by atoms with Gasteiger partial charge in [-0.25, -0.2) is 0 Å². The van der Waals surface area contributed by atoms with Crippen LogP contribution in [0.2, 0.25) is 0 Å². The van der Waals surface area contributed by atoms with Crippen molar-refractivity contribution in [3.63, 3.8) is 0 Å². The summed E-state index contributed by atoms with van der Waals surface area (Å²) in [7, 11) is 1.74. The number of fused-ring (bicyclic) bond motifs is 1. The summed E-state index contributed by atoms with van der Waals surface area (Å²) in [5, 5.41) is 9.60. The normalized spacial score (nSPS) is 18.3. The fourth-order valence-electron chi connectivity index (χ4n) is 4.17. The van der Waals surface area contributed by atoms with Gasteiger partial charge in [0.2, 0.25) is 0 Å². The molecule has 0 saturated carbocycles. The Morgan fingerprint density at radius 2 is 1.88 bits per heavy atom. The van der Waals surface area contributed by atoms with Gasteiger partial charge in [-0.05, 0) is 48.1 Å². The minimum Gasteiger partial charge on any atom is -0.482 e. The van der Waals surface area contributed by atoms with Gasteiger partial charge in [0.15, 0.2) is 12.4 Å². The third-order valence-electron chi connectivity index (χ3n) is 6.37. The number of carbonyl (C=O) groups is 2. The van der Waals surface area contributed by atoms with E-state index in [1.807, 2.05) is 42.5 Å². The molecule has 0 aromatic heterocycles. The van der Waals surface area contributed by atoms with Crippen molar-refractivity contribution in [1.82, 2.24) is 0 Å². The molecule has 0 unspecified atom stereocenters. The Bertz CT molecular complexity index is 1050. The molecule has 2 aromatic carbocycles. The van der Waals surface area contributed by atoms with E-state index in [2.05, 4.69) is 6.07 Å². The van der Waals surface area contributed by atoms with Crippen molar-refractivity contribution in [2.75, 3.05) is 31.8 Å². The predicted molar refractivity (Wildman–Crippen MR) is 120 cm³/mol. The molecule has 166 valence electrons. The number of ether oxygens (including phenoxy) is 2. The van der Waals surface area contributed by atoms with E-state index in [9.17, 15) is 14.9 Å². The molecule has 2 N–H and O–H groups in total. The average Bonchev–Trinajstić information content (AvgIpc) is 2.82. The molecule has 0 aliphatic carbocycles. The van der Waals surface area contributed by atoms with Gasteiger partial charge < -0.3 is 20.1 Å². The number of rotatable bonds is 6. The zero-order chi connectivity index (χ0) is 22.7. The van der Waals surface area contributed by atoms with Crippen LogP contribution in [0.3, 0.4) is 0 Å². The van der Waals surface area contributed by atoms with E-state index in [0.29, 0.717) is 38.2 Å². The molecule has 1 amide bonds. The van der Waals surface area contributed by atoms with Crippen LogP contribution in [0.25, 0.3) is 11.1 Å². The zero-order valence-corrected chi connectivity index (χ0v) is 18.2. The SMILES string of the molecule is CN1C(=O)COc2ccc(-c3ccc(C[C@@H](C#N)CC(=O)C4(N)CCOCC4)cc3)cc21. The summed E-state index contributed by atoms with van der Waals surface area (Å²) in [6.45, 7) is 1.03. The molecule has 2 aliphatic rings. The molecule has 2 heterocycles. The number of ketones is 1. The van der Waals surface area contributed by atoms with Gasteiger partial charge >= 0.3 is 0 Å². The van der Waals surface area contributed by atoms with Crippen LogP contribution in [0, 0.1) is 17.2 Å². The fraction of sp³-hybridized carbons (Fsp3) is 0.400. The number of benzene rings is 2. The molecule has 1 saturated heterocycles. The van der Waals surface area contributed by atoms with Crippen LogP contribution in [0.4, 0.5) is 5.69 Å². The van der Waals surface area contributed by atoms with E-state index in [1.54, 1.807) is 11.9 Å². The summed E-state index contributed by atoms with van der Waals surface area (Å²) in [6.07, 6.45) is 1.65. The summed E-state index contributed by atoms with van der Waals surface area (Å²) in [5.41, 5.74) is 9.10. The predicted octanol–water partition coefficient (Wildman–Crippen LogP) is 2.86. The first-order chi connectivity index (χ1) is 15.4. The lowest BCUT2D eigenvalue weighted by Gasteiger charge is -2.32. The largest absolute Gasteiger partial charge is 0.482 e. The maximum atomic E-state index is 12.7. The van der Waals surface area contributed by atoms with Crippen molar-refractivity contribution in [2.24, 2.45) is 11.7 Å². The van der Waals surface area contributed by atoms with Crippen molar-refractivity contribution in [2.45, 2.75) is 31.2 Å². The number of carbonyl (C=O) groups excluding carboxylic acids is 2. The van der Waals surface area contributed by atoms with E-state index >= 15 is 0 Å². The standard InChI is InChI=1S/C25H27N3O4/c1-28-21-14-20(6-7-22(21)32-16-24(28)30)19-4-2-17(3-5-19)12-18(15-26)13-23(29)25(27)8-10-31-11-9-25/h2-7,14,18H,8-13,16,27H2,1H3/t18-/m1/s1. The quantitative estimate of drug-likeness (QED) is 0.751. The second kappa shape index (κ2) is 9.11. The van der Waals surface area contributed by atoms with Crippen LogP contribution in [0.1, 0.15) is 24.8 Å². The van der Waals surface area contributed by atoms with E-state index in [1.165, 1.54) is 0 Å². The van der Waals surface area contributed by atoms with E-state index in [4.69, 9.17) is 15.2 Å². The van der Waals surface area contributed by atoms with E-state index < -0.39 is 11.5 Å². The third-order valence-corrected chi connectivity index (χ3v) is 6.37. The first-order valence-corrected chi connectivity index (χ1v) is 10.8. The van der Waals surface area contributed by atoms with Crippen molar-refractivity contribution in [3.8, 4) is 22.9 Å². The van der Waals surface area contributed by atoms with Crippen LogP contribution in [-0.2, 0) is 20.7 Å². The molecular formula is C25H27N3O4. The smallest absolute Gasteiger partial charge is 0.264 e. The first kappa shape index (κ1) is 22.0. The van der Waals surface area contributed by atoms with Gasteiger partial charge in [0.25, 0.3) is 5.91 Å². The number of nitrogens with zero attached hydrogens (tertiary/aromatic N) is 2. The topological polar surface area (TPSA) is 106 Å². The zero-order valence-electron chi connectivity index (χ0n) is 18.2. The highest BCUT2D eigenvalue weighted by molar-refractivity contribution is 5.98. The Hall–Kier alpha value is -3.21. The maximum Gasteiger partial charge on any atom is 0.264 e.